The summed E-state index contributed by atoms with van der Waals surface area (Å²) in [5.74, 6) is 1.22. The number of rotatable bonds is 6. The van der Waals surface area contributed by atoms with Crippen LogP contribution in [0, 0.1) is 0 Å². The highest BCUT2D eigenvalue weighted by atomic mass is 16.5. The van der Waals surface area contributed by atoms with Gasteiger partial charge in [-0.05, 0) is 45.0 Å². The summed E-state index contributed by atoms with van der Waals surface area (Å²) in [6.45, 7) is 6.73. The molecule has 5 nitrogen and oxygen atoms in total. The van der Waals surface area contributed by atoms with Crippen molar-refractivity contribution in [3.63, 3.8) is 0 Å². The standard InChI is InChI=1S/C15H22N2O3/c1-3-19-13-6-5-11(9-14(13)20-4-2)15(18)17-12-7-8-16-10-12/h5-6,9,12,16H,3-4,7-8,10H2,1-2H3,(H,17,18)/t12-/m0/s1. The second-order valence-corrected chi connectivity index (χ2v) is 4.69. The molecule has 110 valence electrons. The Balaban J connectivity index is 2.10. The van der Waals surface area contributed by atoms with Crippen LogP contribution in [0.3, 0.4) is 0 Å². The van der Waals surface area contributed by atoms with Gasteiger partial charge in [-0.15, -0.1) is 0 Å². The number of hydrogen-bond acceptors (Lipinski definition) is 4. The number of nitrogens with one attached hydrogen (secondary N) is 2. The molecule has 5 heteroatoms. The number of carbonyl (C=O) groups is 1. The van der Waals surface area contributed by atoms with Gasteiger partial charge in [0.25, 0.3) is 5.91 Å². The molecule has 0 aliphatic carbocycles. The predicted molar refractivity (Wildman–Crippen MR) is 77.5 cm³/mol. The van der Waals surface area contributed by atoms with Crippen molar-refractivity contribution < 1.29 is 14.3 Å². The zero-order valence-electron chi connectivity index (χ0n) is 12.1. The van der Waals surface area contributed by atoms with E-state index in [0.717, 1.165) is 19.5 Å². The van der Waals surface area contributed by atoms with Crippen molar-refractivity contribution in [1.82, 2.24) is 10.6 Å². The van der Waals surface area contributed by atoms with Crippen LogP contribution >= 0.6 is 0 Å². The van der Waals surface area contributed by atoms with E-state index in [2.05, 4.69) is 10.6 Å². The summed E-state index contributed by atoms with van der Waals surface area (Å²) in [4.78, 5) is 12.2. The molecule has 2 rings (SSSR count). The highest BCUT2D eigenvalue weighted by Gasteiger charge is 2.18. The molecule has 1 aliphatic heterocycles. The van der Waals surface area contributed by atoms with Crippen molar-refractivity contribution >= 4 is 5.91 Å². The van der Waals surface area contributed by atoms with Crippen molar-refractivity contribution in [2.24, 2.45) is 0 Å². The highest BCUT2D eigenvalue weighted by molar-refractivity contribution is 5.95. The normalized spacial score (nSPS) is 17.8. The summed E-state index contributed by atoms with van der Waals surface area (Å²) < 4.78 is 11.0. The number of ether oxygens (including phenoxy) is 2. The third-order valence-electron chi connectivity index (χ3n) is 3.20. The second-order valence-electron chi connectivity index (χ2n) is 4.69. The maximum Gasteiger partial charge on any atom is 0.251 e. The van der Waals surface area contributed by atoms with E-state index in [0.29, 0.717) is 30.3 Å². The zero-order valence-corrected chi connectivity index (χ0v) is 12.1. The molecule has 1 fully saturated rings. The third-order valence-corrected chi connectivity index (χ3v) is 3.20. The first-order chi connectivity index (χ1) is 9.74. The molecule has 0 aromatic heterocycles. The first kappa shape index (κ1) is 14.7. The summed E-state index contributed by atoms with van der Waals surface area (Å²) in [6.07, 6.45) is 0.973. The molecule has 2 N–H and O–H groups in total. The van der Waals surface area contributed by atoms with Gasteiger partial charge in [0.2, 0.25) is 0 Å². The van der Waals surface area contributed by atoms with Gasteiger partial charge >= 0.3 is 0 Å². The van der Waals surface area contributed by atoms with E-state index in [1.54, 1.807) is 18.2 Å². The van der Waals surface area contributed by atoms with Crippen LogP contribution in [0.25, 0.3) is 0 Å². The van der Waals surface area contributed by atoms with Crippen LogP contribution in [0.4, 0.5) is 0 Å². The van der Waals surface area contributed by atoms with Crippen LogP contribution in [0.5, 0.6) is 11.5 Å². The van der Waals surface area contributed by atoms with Crippen LogP contribution in [0.2, 0.25) is 0 Å². The largest absolute Gasteiger partial charge is 0.490 e. The van der Waals surface area contributed by atoms with E-state index in [1.165, 1.54) is 0 Å². The Morgan fingerprint density at radius 3 is 2.70 bits per heavy atom. The Morgan fingerprint density at radius 1 is 1.30 bits per heavy atom. The van der Waals surface area contributed by atoms with Crippen molar-refractivity contribution in [3.05, 3.63) is 23.8 Å². The molecule has 1 atom stereocenters. The van der Waals surface area contributed by atoms with Crippen LogP contribution in [0.15, 0.2) is 18.2 Å². The van der Waals surface area contributed by atoms with Gasteiger partial charge in [0.15, 0.2) is 11.5 Å². The minimum Gasteiger partial charge on any atom is -0.490 e. The van der Waals surface area contributed by atoms with Crippen LogP contribution in [-0.2, 0) is 0 Å². The molecule has 20 heavy (non-hydrogen) atoms. The molecular weight excluding hydrogens is 256 g/mol. The average Bonchev–Trinajstić information content (AvgIpc) is 2.94. The Morgan fingerprint density at radius 2 is 2.05 bits per heavy atom. The summed E-state index contributed by atoms with van der Waals surface area (Å²) >= 11 is 0. The smallest absolute Gasteiger partial charge is 0.251 e. The third kappa shape index (κ3) is 3.63. The highest BCUT2D eigenvalue weighted by Crippen LogP contribution is 2.28. The molecule has 1 aromatic carbocycles. The second kappa shape index (κ2) is 7.14. The minimum absolute atomic E-state index is 0.0669. The van der Waals surface area contributed by atoms with Gasteiger partial charge in [0.05, 0.1) is 13.2 Å². The van der Waals surface area contributed by atoms with Gasteiger partial charge in [0.1, 0.15) is 0 Å². The van der Waals surface area contributed by atoms with E-state index in [9.17, 15) is 4.79 Å². The molecule has 0 radical (unpaired) electrons. The summed E-state index contributed by atoms with van der Waals surface area (Å²) in [7, 11) is 0. The van der Waals surface area contributed by atoms with Crippen molar-refractivity contribution in [3.8, 4) is 11.5 Å². The SMILES string of the molecule is CCOc1ccc(C(=O)N[C@H]2CCNC2)cc1OCC. The maximum absolute atomic E-state index is 12.2. The summed E-state index contributed by atoms with van der Waals surface area (Å²) in [5.41, 5.74) is 0.601. The lowest BCUT2D eigenvalue weighted by atomic mass is 10.1. The molecule has 0 unspecified atom stereocenters. The van der Waals surface area contributed by atoms with Gasteiger partial charge in [-0.2, -0.15) is 0 Å². The Bertz CT molecular complexity index is 456. The van der Waals surface area contributed by atoms with Crippen LogP contribution in [0.1, 0.15) is 30.6 Å². The zero-order chi connectivity index (χ0) is 14.4. The Kier molecular flexibility index (Phi) is 5.24. The molecule has 1 heterocycles. The van der Waals surface area contributed by atoms with E-state index in [-0.39, 0.29) is 11.9 Å². The molecule has 0 bridgehead atoms. The first-order valence-corrected chi connectivity index (χ1v) is 7.15. The fraction of sp³-hybridized carbons (Fsp3) is 0.533. The number of amides is 1. The maximum atomic E-state index is 12.2. The fourth-order valence-electron chi connectivity index (χ4n) is 2.24. The van der Waals surface area contributed by atoms with E-state index in [1.807, 2.05) is 13.8 Å². The van der Waals surface area contributed by atoms with Gasteiger partial charge in [-0.3, -0.25) is 4.79 Å². The fourth-order valence-corrected chi connectivity index (χ4v) is 2.24. The van der Waals surface area contributed by atoms with Gasteiger partial charge < -0.3 is 20.1 Å². The van der Waals surface area contributed by atoms with Crippen molar-refractivity contribution in [2.45, 2.75) is 26.3 Å². The van der Waals surface area contributed by atoms with E-state index < -0.39 is 0 Å². The number of carbonyl (C=O) groups excluding carboxylic acids is 1. The molecule has 1 aliphatic rings. The van der Waals surface area contributed by atoms with Gasteiger partial charge in [0, 0.05) is 18.2 Å². The Labute approximate surface area is 119 Å². The monoisotopic (exact) mass is 278 g/mol. The number of benzene rings is 1. The molecule has 1 amide bonds. The predicted octanol–water partition coefficient (Wildman–Crippen LogP) is 1.58. The van der Waals surface area contributed by atoms with Crippen molar-refractivity contribution in [2.75, 3.05) is 26.3 Å². The molecular formula is C15H22N2O3. The summed E-state index contributed by atoms with van der Waals surface area (Å²) in [6, 6.07) is 5.51. The lowest BCUT2D eigenvalue weighted by molar-refractivity contribution is 0.0939. The Hall–Kier alpha value is -1.75. The lowest BCUT2D eigenvalue weighted by Gasteiger charge is -2.14. The lowest BCUT2D eigenvalue weighted by Crippen LogP contribution is -2.36. The quantitative estimate of drug-likeness (QED) is 0.829. The topological polar surface area (TPSA) is 59.6 Å². The summed E-state index contributed by atoms with van der Waals surface area (Å²) in [5, 5.41) is 6.25. The molecule has 0 saturated carbocycles. The first-order valence-electron chi connectivity index (χ1n) is 7.15. The number of hydrogen-bond donors (Lipinski definition) is 2. The van der Waals surface area contributed by atoms with Crippen molar-refractivity contribution in [1.29, 1.82) is 0 Å². The van der Waals surface area contributed by atoms with E-state index >= 15 is 0 Å². The molecule has 1 aromatic rings. The van der Waals surface area contributed by atoms with Crippen LogP contribution < -0.4 is 20.1 Å². The van der Waals surface area contributed by atoms with Gasteiger partial charge in [-0.1, -0.05) is 0 Å². The molecule has 1 saturated heterocycles. The molecule has 0 spiro atoms. The minimum atomic E-state index is -0.0669. The van der Waals surface area contributed by atoms with Crippen LogP contribution in [-0.4, -0.2) is 38.3 Å². The van der Waals surface area contributed by atoms with Gasteiger partial charge in [-0.25, -0.2) is 0 Å². The van der Waals surface area contributed by atoms with E-state index in [4.69, 9.17) is 9.47 Å². The average molecular weight is 278 g/mol.